The molecule has 0 aliphatic rings. The maximum Gasteiger partial charge on any atom is 0.306 e. The van der Waals surface area contributed by atoms with Crippen molar-refractivity contribution in [3.8, 4) is 0 Å². The number of carbonyl (C=O) groups is 3. The maximum atomic E-state index is 12.9. The molecule has 73 heavy (non-hydrogen) atoms. The molecule has 0 saturated heterocycles. The standard InChI is InChI=1S/C67H120O6/c1-4-7-10-13-16-19-22-25-28-30-32-33-35-37-40-42-45-48-51-54-57-60-66(69)72-63-64(73-67(70)61-58-55-52-49-46-43-38-27-24-21-18-15-12-9-6-3)62-71-65(68)59-56-53-50-47-44-41-39-36-34-31-29-26-23-20-17-14-11-8-5-2/h17-18,20-21,25-29,38,64H,4-16,19,22-24,30-37,39-63H2,1-3H3/b20-17-,21-18-,28-25-,29-26-,38-27-/t64-/m1/s1. The van der Waals surface area contributed by atoms with Crippen LogP contribution in [0.2, 0.25) is 0 Å². The van der Waals surface area contributed by atoms with E-state index >= 15 is 0 Å². The lowest BCUT2D eigenvalue weighted by atomic mass is 10.0. The van der Waals surface area contributed by atoms with E-state index in [4.69, 9.17) is 14.2 Å². The second-order valence-corrected chi connectivity index (χ2v) is 21.3. The van der Waals surface area contributed by atoms with Crippen molar-refractivity contribution < 1.29 is 28.6 Å². The molecule has 0 heterocycles. The number of unbranched alkanes of at least 4 members (excludes halogenated alkanes) is 37. The molecular weight excluding hydrogens is 901 g/mol. The Morgan fingerprint density at radius 3 is 0.795 bits per heavy atom. The summed E-state index contributed by atoms with van der Waals surface area (Å²) in [6, 6.07) is 0. The summed E-state index contributed by atoms with van der Waals surface area (Å²) in [6.45, 7) is 6.61. The minimum absolute atomic E-state index is 0.0798. The van der Waals surface area contributed by atoms with Crippen LogP contribution in [-0.2, 0) is 28.6 Å². The van der Waals surface area contributed by atoms with Gasteiger partial charge in [0, 0.05) is 19.3 Å². The molecule has 0 aliphatic carbocycles. The van der Waals surface area contributed by atoms with Gasteiger partial charge in [0.25, 0.3) is 0 Å². The molecule has 0 aromatic rings. The lowest BCUT2D eigenvalue weighted by Gasteiger charge is -2.18. The minimum atomic E-state index is -0.784. The molecule has 6 nitrogen and oxygen atoms in total. The van der Waals surface area contributed by atoms with E-state index < -0.39 is 6.10 Å². The van der Waals surface area contributed by atoms with Crippen molar-refractivity contribution in [3.05, 3.63) is 60.8 Å². The van der Waals surface area contributed by atoms with Crippen molar-refractivity contribution in [3.63, 3.8) is 0 Å². The zero-order valence-electron chi connectivity index (χ0n) is 48.7. The highest BCUT2D eigenvalue weighted by Crippen LogP contribution is 2.16. The van der Waals surface area contributed by atoms with Gasteiger partial charge in [0.2, 0.25) is 0 Å². The minimum Gasteiger partial charge on any atom is -0.462 e. The summed E-state index contributed by atoms with van der Waals surface area (Å²) in [5, 5.41) is 0. The summed E-state index contributed by atoms with van der Waals surface area (Å²) in [5.41, 5.74) is 0. The Labute approximate surface area is 453 Å². The van der Waals surface area contributed by atoms with Gasteiger partial charge in [0.05, 0.1) is 0 Å². The van der Waals surface area contributed by atoms with Gasteiger partial charge in [-0.05, 0) is 109 Å². The van der Waals surface area contributed by atoms with Gasteiger partial charge < -0.3 is 14.2 Å². The van der Waals surface area contributed by atoms with Crippen molar-refractivity contribution in [1.82, 2.24) is 0 Å². The molecule has 0 unspecified atom stereocenters. The Morgan fingerprint density at radius 2 is 0.493 bits per heavy atom. The SMILES string of the molecule is CCCCC/C=C\C/C=C\CCCCCCCCCCCC(=O)OC[C@H](COC(=O)CCCCCCCCCCCCC/C=C\CCCCCCCC)OC(=O)CCCCCCC/C=C\C/C=C\CCCCC. The van der Waals surface area contributed by atoms with Crippen LogP contribution in [0, 0.1) is 0 Å². The first-order valence-corrected chi connectivity index (χ1v) is 31.8. The molecule has 0 amide bonds. The summed E-state index contributed by atoms with van der Waals surface area (Å²) in [5.74, 6) is -0.883. The number of esters is 3. The fourth-order valence-electron chi connectivity index (χ4n) is 9.15. The average molecular weight is 1020 g/mol. The Bertz CT molecular complexity index is 1310. The normalized spacial score (nSPS) is 12.4. The zero-order valence-corrected chi connectivity index (χ0v) is 48.7. The van der Waals surface area contributed by atoms with Crippen molar-refractivity contribution in [1.29, 1.82) is 0 Å². The smallest absolute Gasteiger partial charge is 0.306 e. The van der Waals surface area contributed by atoms with Crippen LogP contribution < -0.4 is 0 Å². The number of hydrogen-bond acceptors (Lipinski definition) is 6. The van der Waals surface area contributed by atoms with E-state index in [1.54, 1.807) is 0 Å². The number of hydrogen-bond donors (Lipinski definition) is 0. The molecule has 0 aromatic carbocycles. The summed E-state index contributed by atoms with van der Waals surface area (Å²) < 4.78 is 16.9. The van der Waals surface area contributed by atoms with Crippen LogP contribution >= 0.6 is 0 Å². The molecular formula is C67H120O6. The monoisotopic (exact) mass is 1020 g/mol. The lowest BCUT2D eigenvalue weighted by Crippen LogP contribution is -2.30. The molecule has 0 rings (SSSR count). The Hall–Kier alpha value is -2.89. The fourth-order valence-corrected chi connectivity index (χ4v) is 9.15. The third-order valence-electron chi connectivity index (χ3n) is 14.0. The summed E-state index contributed by atoms with van der Waals surface area (Å²) >= 11 is 0. The van der Waals surface area contributed by atoms with Gasteiger partial charge >= 0.3 is 17.9 Å². The highest BCUT2D eigenvalue weighted by atomic mass is 16.6. The van der Waals surface area contributed by atoms with Gasteiger partial charge in [-0.15, -0.1) is 0 Å². The molecule has 0 N–H and O–H groups in total. The largest absolute Gasteiger partial charge is 0.462 e. The van der Waals surface area contributed by atoms with Crippen molar-refractivity contribution in [2.24, 2.45) is 0 Å². The molecule has 6 heteroatoms. The number of carbonyl (C=O) groups excluding carboxylic acids is 3. The molecule has 0 aliphatic heterocycles. The van der Waals surface area contributed by atoms with Crippen LogP contribution in [0.1, 0.15) is 329 Å². The van der Waals surface area contributed by atoms with E-state index in [-0.39, 0.29) is 31.1 Å². The van der Waals surface area contributed by atoms with E-state index in [2.05, 4.69) is 81.5 Å². The topological polar surface area (TPSA) is 78.9 Å². The average Bonchev–Trinajstić information content (AvgIpc) is 3.39. The van der Waals surface area contributed by atoms with Crippen molar-refractivity contribution in [2.45, 2.75) is 335 Å². The summed E-state index contributed by atoms with van der Waals surface area (Å²) in [4.78, 5) is 38.3. The van der Waals surface area contributed by atoms with Crippen LogP contribution in [0.25, 0.3) is 0 Å². The third-order valence-corrected chi connectivity index (χ3v) is 14.0. The lowest BCUT2D eigenvalue weighted by molar-refractivity contribution is -0.167. The van der Waals surface area contributed by atoms with Crippen LogP contribution in [0.5, 0.6) is 0 Å². The fraction of sp³-hybridized carbons (Fsp3) is 0.806. The van der Waals surface area contributed by atoms with Crippen LogP contribution in [0.15, 0.2) is 60.8 Å². The Balaban J connectivity index is 4.34. The quantitative estimate of drug-likeness (QED) is 0.0261. The van der Waals surface area contributed by atoms with Gasteiger partial charge in [0.1, 0.15) is 13.2 Å². The summed E-state index contributed by atoms with van der Waals surface area (Å²) in [7, 11) is 0. The van der Waals surface area contributed by atoms with Gasteiger partial charge in [-0.1, -0.05) is 261 Å². The van der Waals surface area contributed by atoms with E-state index in [0.717, 1.165) is 89.9 Å². The van der Waals surface area contributed by atoms with Crippen LogP contribution in [-0.4, -0.2) is 37.2 Å². The van der Waals surface area contributed by atoms with E-state index in [0.29, 0.717) is 19.3 Å². The predicted octanol–water partition coefficient (Wildman–Crippen LogP) is 21.6. The van der Waals surface area contributed by atoms with E-state index in [1.165, 1.54) is 199 Å². The van der Waals surface area contributed by atoms with Gasteiger partial charge in [-0.3, -0.25) is 14.4 Å². The molecule has 0 aromatic heterocycles. The zero-order chi connectivity index (χ0) is 52.9. The molecule has 0 spiro atoms. The van der Waals surface area contributed by atoms with Crippen LogP contribution in [0.3, 0.4) is 0 Å². The third kappa shape index (κ3) is 59.9. The van der Waals surface area contributed by atoms with E-state index in [1.807, 2.05) is 0 Å². The summed E-state index contributed by atoms with van der Waals surface area (Å²) in [6.07, 6.45) is 77.9. The molecule has 1 atom stereocenters. The molecule has 0 saturated carbocycles. The number of allylic oxidation sites excluding steroid dienone is 10. The van der Waals surface area contributed by atoms with E-state index in [9.17, 15) is 14.4 Å². The van der Waals surface area contributed by atoms with Crippen LogP contribution in [0.4, 0.5) is 0 Å². The predicted molar refractivity (Wildman–Crippen MR) is 316 cm³/mol. The Kier molecular flexibility index (Phi) is 59.2. The number of rotatable bonds is 58. The second kappa shape index (κ2) is 61.7. The first-order chi connectivity index (χ1) is 36.0. The maximum absolute atomic E-state index is 12.9. The highest BCUT2D eigenvalue weighted by molar-refractivity contribution is 5.71. The molecule has 424 valence electrons. The van der Waals surface area contributed by atoms with Crippen molar-refractivity contribution >= 4 is 17.9 Å². The molecule has 0 bridgehead atoms. The first-order valence-electron chi connectivity index (χ1n) is 31.8. The molecule has 0 fully saturated rings. The second-order valence-electron chi connectivity index (χ2n) is 21.3. The number of ether oxygens (including phenoxy) is 3. The van der Waals surface area contributed by atoms with Gasteiger partial charge in [-0.25, -0.2) is 0 Å². The van der Waals surface area contributed by atoms with Gasteiger partial charge in [0.15, 0.2) is 6.10 Å². The van der Waals surface area contributed by atoms with Crippen molar-refractivity contribution in [2.75, 3.05) is 13.2 Å². The molecule has 0 radical (unpaired) electrons. The highest BCUT2D eigenvalue weighted by Gasteiger charge is 2.19. The van der Waals surface area contributed by atoms with Gasteiger partial charge in [-0.2, -0.15) is 0 Å². The first kappa shape index (κ1) is 70.1. The Morgan fingerprint density at radius 1 is 0.274 bits per heavy atom.